The molecule has 3 heterocycles. The summed E-state index contributed by atoms with van der Waals surface area (Å²) in [7, 11) is -3.65. The van der Waals surface area contributed by atoms with Gasteiger partial charge in [0.2, 0.25) is 9.84 Å². The third kappa shape index (κ3) is 3.25. The van der Waals surface area contributed by atoms with E-state index < -0.39 is 9.84 Å². The summed E-state index contributed by atoms with van der Waals surface area (Å²) in [5.74, 6) is 0. The summed E-state index contributed by atoms with van der Waals surface area (Å²) < 4.78 is 31.8. The van der Waals surface area contributed by atoms with Gasteiger partial charge in [-0.25, -0.2) is 8.42 Å². The van der Waals surface area contributed by atoms with Gasteiger partial charge in [-0.15, -0.1) is 0 Å². The van der Waals surface area contributed by atoms with Gasteiger partial charge in [-0.1, -0.05) is 73.3 Å². The van der Waals surface area contributed by atoms with Crippen molar-refractivity contribution >= 4 is 54.7 Å². The number of aromatic nitrogens is 2. The highest BCUT2D eigenvalue weighted by molar-refractivity contribution is 7.92. The number of rotatable bonds is 4. The molecule has 7 aromatic rings. The molecule has 0 fully saturated rings. The van der Waals surface area contributed by atoms with Crippen molar-refractivity contribution < 1.29 is 8.42 Å². The van der Waals surface area contributed by atoms with Crippen molar-refractivity contribution in [2.75, 3.05) is 0 Å². The Morgan fingerprint density at radius 2 is 1.10 bits per heavy atom. The first kappa shape index (κ1) is 24.6. The van der Waals surface area contributed by atoms with E-state index in [2.05, 4.69) is 70.3 Å². The number of nitrogens with zero attached hydrogens (tertiary/aromatic N) is 2. The van der Waals surface area contributed by atoms with Crippen LogP contribution >= 0.6 is 0 Å². The number of allylic oxidation sites excluding steroid dienone is 1. The largest absolute Gasteiger partial charge is 0.309 e. The van der Waals surface area contributed by atoms with Crippen LogP contribution in [0.3, 0.4) is 0 Å². The van der Waals surface area contributed by atoms with Crippen LogP contribution in [0.2, 0.25) is 0 Å². The molecular formula is C37H26N2O2S. The lowest BCUT2D eigenvalue weighted by Gasteiger charge is -2.12. The quantitative estimate of drug-likeness (QED) is 0.215. The molecule has 0 radical (unpaired) electrons. The average molecular weight is 563 g/mol. The van der Waals surface area contributed by atoms with Crippen molar-refractivity contribution in [2.24, 2.45) is 0 Å². The lowest BCUT2D eigenvalue weighted by atomic mass is 10.0. The Morgan fingerprint density at radius 1 is 0.619 bits per heavy atom. The maximum Gasteiger partial charge on any atom is 0.207 e. The predicted octanol–water partition coefficient (Wildman–Crippen LogP) is 9.22. The number of para-hydroxylation sites is 3. The van der Waals surface area contributed by atoms with Crippen LogP contribution in [0.1, 0.15) is 18.2 Å². The molecule has 5 aromatic carbocycles. The molecule has 0 spiro atoms. The Labute approximate surface area is 244 Å². The first-order chi connectivity index (χ1) is 20.5. The number of fused-ring (bicyclic) bond motifs is 7. The molecule has 1 aliphatic heterocycles. The molecule has 1 aliphatic rings. The van der Waals surface area contributed by atoms with Crippen molar-refractivity contribution in [1.29, 1.82) is 0 Å². The Balaban J connectivity index is 1.39. The van der Waals surface area contributed by atoms with Crippen LogP contribution in [0.5, 0.6) is 0 Å². The topological polar surface area (TPSA) is 44.0 Å². The van der Waals surface area contributed by atoms with E-state index in [1.807, 2.05) is 67.6 Å². The second kappa shape index (κ2) is 8.93. The summed E-state index contributed by atoms with van der Waals surface area (Å²) in [6.45, 7) is 6.13. The van der Waals surface area contributed by atoms with Crippen LogP contribution in [-0.4, -0.2) is 17.6 Å². The second-order valence-corrected chi connectivity index (χ2v) is 12.5. The molecule has 0 N–H and O–H groups in total. The van der Waals surface area contributed by atoms with Gasteiger partial charge in [0.15, 0.2) is 0 Å². The van der Waals surface area contributed by atoms with Crippen LogP contribution in [0.15, 0.2) is 132 Å². The number of hydrogen-bond donors (Lipinski definition) is 0. The van der Waals surface area contributed by atoms with Gasteiger partial charge in [0.25, 0.3) is 0 Å². The minimum absolute atomic E-state index is 0.339. The molecule has 0 amide bonds. The molecular weight excluding hydrogens is 536 g/mol. The number of benzene rings is 5. The molecule has 0 saturated heterocycles. The predicted molar refractivity (Wildman–Crippen MR) is 173 cm³/mol. The zero-order valence-electron chi connectivity index (χ0n) is 23.0. The molecule has 42 heavy (non-hydrogen) atoms. The van der Waals surface area contributed by atoms with Crippen molar-refractivity contribution in [3.63, 3.8) is 0 Å². The van der Waals surface area contributed by atoms with Crippen LogP contribution in [-0.2, 0) is 9.84 Å². The minimum Gasteiger partial charge on any atom is -0.309 e. The molecule has 2 aromatic heterocycles. The zero-order valence-corrected chi connectivity index (χ0v) is 23.8. The molecule has 202 valence electrons. The van der Waals surface area contributed by atoms with Gasteiger partial charge >= 0.3 is 0 Å². The summed E-state index contributed by atoms with van der Waals surface area (Å²) in [5.41, 5.74) is 8.51. The van der Waals surface area contributed by atoms with Gasteiger partial charge < -0.3 is 9.13 Å². The summed E-state index contributed by atoms with van der Waals surface area (Å²) in [5, 5.41) is 3.45. The fourth-order valence-electron chi connectivity index (χ4n) is 6.63. The fourth-order valence-corrected chi connectivity index (χ4v) is 8.28. The van der Waals surface area contributed by atoms with Gasteiger partial charge in [0, 0.05) is 44.2 Å². The summed E-state index contributed by atoms with van der Waals surface area (Å²) in [4.78, 5) is 0.681. The first-order valence-electron chi connectivity index (χ1n) is 13.9. The van der Waals surface area contributed by atoms with Crippen LogP contribution < -0.4 is 0 Å². The van der Waals surface area contributed by atoms with Gasteiger partial charge in [-0.2, -0.15) is 0 Å². The molecule has 0 bridgehead atoms. The normalized spacial score (nSPS) is 13.7. The Bertz CT molecular complexity index is 2350. The van der Waals surface area contributed by atoms with Crippen molar-refractivity contribution in [3.8, 4) is 22.5 Å². The Kier molecular flexibility index (Phi) is 5.24. The van der Waals surface area contributed by atoms with Crippen molar-refractivity contribution in [3.05, 3.63) is 133 Å². The van der Waals surface area contributed by atoms with E-state index in [-0.39, 0.29) is 0 Å². The summed E-state index contributed by atoms with van der Waals surface area (Å²) in [6.07, 6.45) is 6.00. The zero-order chi connectivity index (χ0) is 28.6. The molecule has 4 nitrogen and oxygen atoms in total. The summed E-state index contributed by atoms with van der Waals surface area (Å²) >= 11 is 0. The molecule has 5 heteroatoms. The van der Waals surface area contributed by atoms with Crippen molar-refractivity contribution in [2.45, 2.75) is 16.7 Å². The van der Waals surface area contributed by atoms with Crippen LogP contribution in [0.4, 0.5) is 0 Å². The molecule has 8 rings (SSSR count). The van der Waals surface area contributed by atoms with E-state index in [0.717, 1.165) is 60.9 Å². The second-order valence-electron chi connectivity index (χ2n) is 10.6. The molecule has 0 unspecified atom stereocenters. The first-order valence-corrected chi connectivity index (χ1v) is 15.4. The van der Waals surface area contributed by atoms with E-state index in [4.69, 9.17) is 0 Å². The number of hydrogen-bond acceptors (Lipinski definition) is 2. The smallest absolute Gasteiger partial charge is 0.207 e. The van der Waals surface area contributed by atoms with E-state index in [1.165, 1.54) is 0 Å². The monoisotopic (exact) mass is 562 g/mol. The molecule has 0 saturated carbocycles. The highest BCUT2D eigenvalue weighted by Crippen LogP contribution is 2.46. The van der Waals surface area contributed by atoms with E-state index in [0.29, 0.717) is 15.4 Å². The van der Waals surface area contributed by atoms with E-state index >= 15 is 0 Å². The Hall–Kier alpha value is -5.13. The maximum absolute atomic E-state index is 13.7. The highest BCUT2D eigenvalue weighted by atomic mass is 32.2. The lowest BCUT2D eigenvalue weighted by Crippen LogP contribution is -1.99. The summed E-state index contributed by atoms with van der Waals surface area (Å²) in [6, 6.07) is 36.3. The standard InChI is InChI=1S/C37H26N2O2S/c1-3-11-26-27-12-5-8-15-33(27)38(32(26)4-2)24-18-20-36-30(22-24)31-23-25(19-21-37(31)42(36,40)41)39-34-16-9-6-13-28(34)29-14-7-10-17-35(29)39/h3-23H,2H2,1H3/b11-3-. The highest BCUT2D eigenvalue weighted by Gasteiger charge is 2.34. The van der Waals surface area contributed by atoms with Crippen molar-refractivity contribution in [1.82, 2.24) is 9.13 Å². The maximum atomic E-state index is 13.7. The third-order valence-electron chi connectivity index (χ3n) is 8.37. The molecule has 0 aliphatic carbocycles. The van der Waals surface area contributed by atoms with Gasteiger partial charge in [-0.3, -0.25) is 0 Å². The van der Waals surface area contributed by atoms with E-state index in [1.54, 1.807) is 12.1 Å². The Morgan fingerprint density at radius 3 is 1.62 bits per heavy atom. The van der Waals surface area contributed by atoms with Crippen LogP contribution in [0, 0.1) is 0 Å². The lowest BCUT2D eigenvalue weighted by molar-refractivity contribution is 0.598. The molecule has 0 atom stereocenters. The SMILES string of the molecule is C=Cc1c(/C=C\C)c2ccccc2n1-c1ccc2c(c1)-c1cc(-n3c4ccccc4c4ccccc43)ccc1S2(=O)=O. The van der Waals surface area contributed by atoms with E-state index in [9.17, 15) is 8.42 Å². The fraction of sp³-hybridized carbons (Fsp3) is 0.0270. The van der Waals surface area contributed by atoms with Gasteiger partial charge in [0.1, 0.15) is 0 Å². The minimum atomic E-state index is -3.65. The van der Waals surface area contributed by atoms with Gasteiger partial charge in [0.05, 0.1) is 32.0 Å². The number of sulfone groups is 1. The third-order valence-corrected chi connectivity index (χ3v) is 10.2. The van der Waals surface area contributed by atoms with Gasteiger partial charge in [-0.05, 0) is 67.6 Å². The van der Waals surface area contributed by atoms with Crippen LogP contribution in [0.25, 0.3) is 67.4 Å². The average Bonchev–Trinajstić information content (AvgIpc) is 3.60.